The highest BCUT2D eigenvalue weighted by Crippen LogP contribution is 2.43. The number of rotatable bonds is 8. The number of anilines is 6. The topological polar surface area (TPSA) is 63.9 Å². The van der Waals surface area contributed by atoms with Gasteiger partial charge in [0.25, 0.3) is 0 Å². The van der Waals surface area contributed by atoms with Crippen molar-refractivity contribution in [3.05, 3.63) is 217 Å². The van der Waals surface area contributed by atoms with Crippen molar-refractivity contribution in [2.24, 2.45) is 5.92 Å². The van der Waals surface area contributed by atoms with Crippen LogP contribution < -0.4 is 9.80 Å². The minimum atomic E-state index is 0.522. The third-order valence-electron chi connectivity index (χ3n) is 12.3. The van der Waals surface area contributed by atoms with Gasteiger partial charge in [-0.15, -0.1) is 0 Å². The van der Waals surface area contributed by atoms with Crippen LogP contribution in [0.15, 0.2) is 206 Å². The summed E-state index contributed by atoms with van der Waals surface area (Å²) in [7, 11) is 0. The van der Waals surface area contributed by atoms with Crippen molar-refractivity contribution < 1.29 is 0 Å². The normalized spacial score (nSPS) is 13.6. The monoisotopic (exact) mass is 808 g/mol. The van der Waals surface area contributed by atoms with E-state index in [0.29, 0.717) is 17.0 Å². The van der Waals surface area contributed by atoms with Crippen LogP contribution in [0.3, 0.4) is 0 Å². The van der Waals surface area contributed by atoms with E-state index in [9.17, 15) is 10.5 Å². The average Bonchev–Trinajstić information content (AvgIpc) is 3.85. The van der Waals surface area contributed by atoms with E-state index >= 15 is 0 Å². The van der Waals surface area contributed by atoms with Crippen molar-refractivity contribution in [1.29, 1.82) is 10.5 Å². The second-order valence-electron chi connectivity index (χ2n) is 16.1. The van der Waals surface area contributed by atoms with Gasteiger partial charge in [0, 0.05) is 67.1 Å². The fourth-order valence-corrected chi connectivity index (χ4v) is 9.23. The minimum Gasteiger partial charge on any atom is -0.310 e. The van der Waals surface area contributed by atoms with Crippen LogP contribution in [0.1, 0.15) is 24.5 Å². The van der Waals surface area contributed by atoms with Gasteiger partial charge in [0.15, 0.2) is 0 Å². The van der Waals surface area contributed by atoms with Gasteiger partial charge >= 0.3 is 0 Å². The van der Waals surface area contributed by atoms with Gasteiger partial charge in [0.2, 0.25) is 0 Å². The number of nitriles is 2. The summed E-state index contributed by atoms with van der Waals surface area (Å²) >= 11 is 0. The van der Waals surface area contributed by atoms with Gasteiger partial charge in [-0.3, -0.25) is 0 Å². The van der Waals surface area contributed by atoms with Gasteiger partial charge < -0.3 is 18.9 Å². The molecule has 0 radical (unpaired) electrons. The Morgan fingerprint density at radius 3 is 1.33 bits per heavy atom. The molecule has 2 aromatic heterocycles. The molecule has 6 heteroatoms. The number of hydrogen-bond donors (Lipinski definition) is 0. The number of aromatic nitrogens is 2. The van der Waals surface area contributed by atoms with Crippen LogP contribution in [0.5, 0.6) is 0 Å². The van der Waals surface area contributed by atoms with Gasteiger partial charge in [-0.25, -0.2) is 0 Å². The van der Waals surface area contributed by atoms with E-state index in [1.165, 1.54) is 27.4 Å². The van der Waals surface area contributed by atoms with Crippen LogP contribution in [0.2, 0.25) is 0 Å². The van der Waals surface area contributed by atoms with Gasteiger partial charge in [-0.1, -0.05) is 73.7 Å². The summed E-state index contributed by atoms with van der Waals surface area (Å²) in [5.74, 6) is 0.522. The van der Waals surface area contributed by atoms with Crippen molar-refractivity contribution >= 4 is 83.4 Å². The fourth-order valence-electron chi connectivity index (χ4n) is 9.23. The lowest BCUT2D eigenvalue weighted by Gasteiger charge is -2.28. The molecule has 0 aliphatic heterocycles. The molecular formula is C57H40N6. The smallest absolute Gasteiger partial charge is 0.0991 e. The number of fused-ring (bicyclic) bond motifs is 6. The second kappa shape index (κ2) is 15.5. The average molecular weight is 809 g/mol. The number of nitrogens with zero attached hydrogens (tertiary/aromatic N) is 6. The molecule has 0 saturated carbocycles. The molecule has 11 rings (SSSR count). The Hall–Kier alpha value is -8.58. The number of allylic oxidation sites excluding steroid dienone is 4. The minimum absolute atomic E-state index is 0.522. The number of hydrogen-bond acceptors (Lipinski definition) is 4. The van der Waals surface area contributed by atoms with Crippen molar-refractivity contribution in [3.8, 4) is 17.8 Å². The van der Waals surface area contributed by atoms with Gasteiger partial charge in [-0.2, -0.15) is 10.5 Å². The first-order chi connectivity index (χ1) is 31.1. The maximum atomic E-state index is 9.71. The molecule has 1 unspecified atom stereocenters. The molecule has 298 valence electrons. The van der Waals surface area contributed by atoms with E-state index in [0.717, 1.165) is 68.2 Å². The molecule has 0 N–H and O–H groups in total. The zero-order valence-corrected chi connectivity index (χ0v) is 34.6. The van der Waals surface area contributed by atoms with Crippen molar-refractivity contribution in [2.75, 3.05) is 9.80 Å². The lowest BCUT2D eigenvalue weighted by Crippen LogP contribution is -2.12. The van der Waals surface area contributed by atoms with E-state index < -0.39 is 0 Å². The highest BCUT2D eigenvalue weighted by atomic mass is 15.2. The summed E-state index contributed by atoms with van der Waals surface area (Å²) in [5, 5.41) is 24.1. The molecule has 0 saturated heterocycles. The number of benzene rings is 8. The van der Waals surface area contributed by atoms with E-state index in [2.05, 4.69) is 190 Å². The molecule has 1 aliphatic rings. The zero-order chi connectivity index (χ0) is 42.4. The molecular weight excluding hydrogens is 769 g/mol. The Labute approximate surface area is 365 Å². The lowest BCUT2D eigenvalue weighted by atomic mass is 10.0. The Bertz CT molecular complexity index is 3500. The maximum Gasteiger partial charge on any atom is 0.0991 e. The Kier molecular flexibility index (Phi) is 9.19. The van der Waals surface area contributed by atoms with Gasteiger partial charge in [0.05, 0.1) is 45.3 Å². The summed E-state index contributed by atoms with van der Waals surface area (Å²) in [6, 6.07) is 69.9. The second-order valence-corrected chi connectivity index (χ2v) is 16.1. The highest BCUT2D eigenvalue weighted by Gasteiger charge is 2.21. The summed E-state index contributed by atoms with van der Waals surface area (Å²) in [4.78, 5) is 4.51. The predicted molar refractivity (Wildman–Crippen MR) is 260 cm³/mol. The fraction of sp³-hybridized carbons (Fsp3) is 0.0526. The molecule has 63 heavy (non-hydrogen) atoms. The molecule has 0 bridgehead atoms. The van der Waals surface area contributed by atoms with Crippen LogP contribution in [-0.2, 0) is 0 Å². The van der Waals surface area contributed by atoms with Crippen LogP contribution >= 0.6 is 0 Å². The lowest BCUT2D eigenvalue weighted by molar-refractivity contribution is 0.735. The molecule has 0 spiro atoms. The molecule has 1 atom stereocenters. The molecule has 8 aromatic carbocycles. The molecule has 10 aromatic rings. The summed E-state index contributed by atoms with van der Waals surface area (Å²) in [6.07, 6.45) is 7.90. The molecule has 1 aliphatic carbocycles. The molecule has 6 nitrogen and oxygen atoms in total. The van der Waals surface area contributed by atoms with Crippen molar-refractivity contribution in [1.82, 2.24) is 9.13 Å². The zero-order valence-electron chi connectivity index (χ0n) is 34.6. The van der Waals surface area contributed by atoms with Crippen LogP contribution in [0.4, 0.5) is 34.1 Å². The largest absolute Gasteiger partial charge is 0.310 e. The van der Waals surface area contributed by atoms with Crippen LogP contribution in [0.25, 0.3) is 55.0 Å². The Morgan fingerprint density at radius 1 is 0.444 bits per heavy atom. The predicted octanol–water partition coefficient (Wildman–Crippen LogP) is 15.0. The number of para-hydroxylation sites is 3. The first-order valence-electron chi connectivity index (χ1n) is 21.3. The van der Waals surface area contributed by atoms with Gasteiger partial charge in [0.1, 0.15) is 0 Å². The quantitative estimate of drug-likeness (QED) is 0.153. The molecule has 2 heterocycles. The molecule has 0 amide bonds. The Morgan fingerprint density at radius 2 is 0.857 bits per heavy atom. The van der Waals surface area contributed by atoms with Crippen molar-refractivity contribution in [3.63, 3.8) is 0 Å². The molecule has 0 fully saturated rings. The SMILES string of the molecule is CC1C=CC(n2c3ccccc3c3cc(N(c4ccc(C#N)cc4)c4ccc(N(c5ccc(C#N)cc5)c5ccc6c(c5)c5ccccc5n6-c5ccccc5)cc4)ccc32)=CC1. The van der Waals surface area contributed by atoms with E-state index in [4.69, 9.17) is 0 Å². The highest BCUT2D eigenvalue weighted by molar-refractivity contribution is 6.12. The summed E-state index contributed by atoms with van der Waals surface area (Å²) in [6.45, 7) is 2.25. The van der Waals surface area contributed by atoms with E-state index in [-0.39, 0.29) is 0 Å². The summed E-state index contributed by atoms with van der Waals surface area (Å²) < 4.78 is 4.71. The Balaban J connectivity index is 1.05. The third kappa shape index (κ3) is 6.50. The van der Waals surface area contributed by atoms with E-state index in [1.54, 1.807) is 0 Å². The summed E-state index contributed by atoms with van der Waals surface area (Å²) in [5.41, 5.74) is 14.0. The first kappa shape index (κ1) is 37.4. The first-order valence-corrected chi connectivity index (χ1v) is 21.3. The van der Waals surface area contributed by atoms with E-state index in [1.807, 2.05) is 54.6 Å². The van der Waals surface area contributed by atoms with Crippen LogP contribution in [-0.4, -0.2) is 9.13 Å². The van der Waals surface area contributed by atoms with Gasteiger partial charge in [-0.05, 0) is 152 Å². The standard InChI is InChI=1S/C57H40N6/c1-39-15-21-47(22-16-39)63-55-14-8-6-12-51(55)53-36-49(32-34-57(53)63)61(44-25-19-41(38-59)20-26-44)46-29-27-45(28-30-46)60(43-23-17-40(37-58)18-24-43)48-31-33-56-52(35-48)50-11-5-7-13-54(50)62(56)42-9-3-2-4-10-42/h2-15,17-36,39H,16H2,1H3. The van der Waals surface area contributed by atoms with Crippen molar-refractivity contribution in [2.45, 2.75) is 13.3 Å². The maximum absolute atomic E-state index is 9.71. The van der Waals surface area contributed by atoms with Crippen LogP contribution in [0, 0.1) is 28.6 Å². The third-order valence-corrected chi connectivity index (χ3v) is 12.3.